The van der Waals surface area contributed by atoms with Crippen LogP contribution in [-0.2, 0) is 4.74 Å². The maximum absolute atomic E-state index is 11.9. The molecule has 0 bridgehead atoms. The molecule has 2 fully saturated rings. The van der Waals surface area contributed by atoms with Crippen molar-refractivity contribution in [3.05, 3.63) is 23.8 Å². The number of carbonyl (C=O) groups is 1. The van der Waals surface area contributed by atoms with Crippen LogP contribution in [0.2, 0.25) is 0 Å². The van der Waals surface area contributed by atoms with E-state index in [1.807, 2.05) is 6.92 Å². The van der Waals surface area contributed by atoms with Crippen LogP contribution < -0.4 is 5.32 Å². The summed E-state index contributed by atoms with van der Waals surface area (Å²) in [5, 5.41) is 2.87. The summed E-state index contributed by atoms with van der Waals surface area (Å²) in [5.74, 6) is -0.190. The molecule has 6 nitrogen and oxygen atoms in total. The molecule has 1 aromatic rings. The maximum atomic E-state index is 11.9. The van der Waals surface area contributed by atoms with Crippen molar-refractivity contribution in [2.24, 2.45) is 0 Å². The second-order valence-electron chi connectivity index (χ2n) is 5.50. The molecule has 1 amide bonds. The monoisotopic (exact) mass is 276 g/mol. The second-order valence-corrected chi connectivity index (χ2v) is 5.50. The summed E-state index contributed by atoms with van der Waals surface area (Å²) in [6, 6.07) is 0.588. The molecule has 2 aliphatic rings. The van der Waals surface area contributed by atoms with Gasteiger partial charge in [0.2, 0.25) is 0 Å². The molecule has 2 aliphatic heterocycles. The third-order valence-corrected chi connectivity index (χ3v) is 3.97. The van der Waals surface area contributed by atoms with Gasteiger partial charge in [-0.05, 0) is 26.3 Å². The van der Waals surface area contributed by atoms with E-state index in [4.69, 9.17) is 4.74 Å². The molecular weight excluding hydrogens is 256 g/mol. The van der Waals surface area contributed by atoms with Gasteiger partial charge in [-0.25, -0.2) is 4.98 Å². The normalized spacial score (nSPS) is 26.2. The molecule has 2 saturated heterocycles. The van der Waals surface area contributed by atoms with Crippen LogP contribution in [0.25, 0.3) is 0 Å². The summed E-state index contributed by atoms with van der Waals surface area (Å²) in [6.45, 7) is 5.21. The number of hydrogen-bond donors (Lipinski definition) is 1. The average molecular weight is 276 g/mol. The Labute approximate surface area is 118 Å². The molecule has 0 unspecified atom stereocenters. The molecule has 0 aliphatic carbocycles. The summed E-state index contributed by atoms with van der Waals surface area (Å²) in [6.07, 6.45) is 5.67. The van der Waals surface area contributed by atoms with Gasteiger partial charge in [-0.15, -0.1) is 0 Å². The minimum Gasteiger partial charge on any atom is -0.373 e. The van der Waals surface area contributed by atoms with Crippen molar-refractivity contribution in [3.63, 3.8) is 0 Å². The number of hydrogen-bond acceptors (Lipinski definition) is 5. The highest BCUT2D eigenvalue weighted by Crippen LogP contribution is 2.22. The van der Waals surface area contributed by atoms with Crippen LogP contribution in [0.3, 0.4) is 0 Å². The first-order chi connectivity index (χ1) is 9.72. The fraction of sp³-hybridized carbons (Fsp3) is 0.643. The number of morpholine rings is 1. The standard InChI is InChI=1S/C14H20N4O2/c1-10-5-16-13(7-15-10)14(19)17-6-12-8-18-4-2-3-11(18)9-20-12/h5,7,11-12H,2-4,6,8-9H2,1H3,(H,17,19)/t11-,12-/m0/s1. The van der Waals surface area contributed by atoms with Gasteiger partial charge < -0.3 is 10.1 Å². The van der Waals surface area contributed by atoms with Gasteiger partial charge in [0.1, 0.15) is 5.69 Å². The topological polar surface area (TPSA) is 67.4 Å². The van der Waals surface area contributed by atoms with Crippen LogP contribution in [-0.4, -0.2) is 59.2 Å². The van der Waals surface area contributed by atoms with Crippen molar-refractivity contribution in [2.75, 3.05) is 26.2 Å². The van der Waals surface area contributed by atoms with Crippen molar-refractivity contribution in [1.29, 1.82) is 0 Å². The Balaban J connectivity index is 1.49. The number of nitrogens with one attached hydrogen (secondary N) is 1. The van der Waals surface area contributed by atoms with Crippen LogP contribution in [0.15, 0.2) is 12.4 Å². The van der Waals surface area contributed by atoms with E-state index in [1.54, 1.807) is 6.20 Å². The molecule has 3 rings (SSSR count). The zero-order chi connectivity index (χ0) is 13.9. The highest BCUT2D eigenvalue weighted by atomic mass is 16.5. The molecule has 3 heterocycles. The van der Waals surface area contributed by atoms with Gasteiger partial charge in [0.15, 0.2) is 0 Å². The first-order valence-corrected chi connectivity index (χ1v) is 7.15. The number of aromatic nitrogens is 2. The van der Waals surface area contributed by atoms with E-state index in [2.05, 4.69) is 20.2 Å². The first-order valence-electron chi connectivity index (χ1n) is 7.15. The summed E-state index contributed by atoms with van der Waals surface area (Å²) >= 11 is 0. The molecule has 0 aromatic carbocycles. The highest BCUT2D eigenvalue weighted by Gasteiger charge is 2.32. The van der Waals surface area contributed by atoms with Crippen LogP contribution in [0.4, 0.5) is 0 Å². The van der Waals surface area contributed by atoms with Crippen LogP contribution in [0, 0.1) is 6.92 Å². The number of nitrogens with zero attached hydrogens (tertiary/aromatic N) is 3. The van der Waals surface area contributed by atoms with E-state index in [-0.39, 0.29) is 12.0 Å². The Kier molecular flexibility index (Phi) is 3.93. The van der Waals surface area contributed by atoms with Crippen LogP contribution in [0.5, 0.6) is 0 Å². The largest absolute Gasteiger partial charge is 0.373 e. The fourth-order valence-corrected chi connectivity index (χ4v) is 2.82. The molecule has 2 atom stereocenters. The Hall–Kier alpha value is -1.53. The Morgan fingerprint density at radius 1 is 1.50 bits per heavy atom. The maximum Gasteiger partial charge on any atom is 0.271 e. The molecule has 1 aromatic heterocycles. The summed E-state index contributed by atoms with van der Waals surface area (Å²) in [7, 11) is 0. The lowest BCUT2D eigenvalue weighted by atomic mass is 10.2. The molecular formula is C14H20N4O2. The molecule has 20 heavy (non-hydrogen) atoms. The van der Waals surface area contributed by atoms with E-state index >= 15 is 0 Å². The van der Waals surface area contributed by atoms with Crippen molar-refractivity contribution >= 4 is 5.91 Å². The summed E-state index contributed by atoms with van der Waals surface area (Å²) in [5.41, 5.74) is 1.16. The highest BCUT2D eigenvalue weighted by molar-refractivity contribution is 5.91. The first kappa shape index (κ1) is 13.5. The predicted molar refractivity (Wildman–Crippen MR) is 73.4 cm³/mol. The SMILES string of the molecule is Cc1cnc(C(=O)NC[C@H]2CN3CCC[C@H]3CO2)cn1. The number of ether oxygens (including phenoxy) is 1. The lowest BCUT2D eigenvalue weighted by Gasteiger charge is -2.35. The van der Waals surface area contributed by atoms with Crippen molar-refractivity contribution in [3.8, 4) is 0 Å². The van der Waals surface area contributed by atoms with Gasteiger partial charge in [-0.3, -0.25) is 14.7 Å². The quantitative estimate of drug-likeness (QED) is 0.864. The average Bonchev–Trinajstić information content (AvgIpc) is 2.93. The second kappa shape index (κ2) is 5.85. The number of fused-ring (bicyclic) bond motifs is 1. The number of amides is 1. The van der Waals surface area contributed by atoms with Gasteiger partial charge in [0.25, 0.3) is 5.91 Å². The van der Waals surface area contributed by atoms with Crippen molar-refractivity contribution in [2.45, 2.75) is 31.9 Å². The van der Waals surface area contributed by atoms with Gasteiger partial charge in [0.05, 0.1) is 24.6 Å². The van der Waals surface area contributed by atoms with Crippen molar-refractivity contribution in [1.82, 2.24) is 20.2 Å². The molecule has 0 radical (unpaired) electrons. The summed E-state index contributed by atoms with van der Waals surface area (Å²) < 4.78 is 5.80. The third-order valence-electron chi connectivity index (χ3n) is 3.97. The van der Waals surface area contributed by atoms with E-state index in [1.165, 1.54) is 19.0 Å². The van der Waals surface area contributed by atoms with E-state index in [0.29, 0.717) is 18.3 Å². The van der Waals surface area contributed by atoms with E-state index < -0.39 is 0 Å². The molecule has 6 heteroatoms. The van der Waals surface area contributed by atoms with Gasteiger partial charge in [-0.2, -0.15) is 0 Å². The Morgan fingerprint density at radius 3 is 3.20 bits per heavy atom. The van der Waals surface area contributed by atoms with Gasteiger partial charge in [-0.1, -0.05) is 0 Å². The summed E-state index contributed by atoms with van der Waals surface area (Å²) in [4.78, 5) is 22.6. The van der Waals surface area contributed by atoms with Crippen molar-refractivity contribution < 1.29 is 9.53 Å². The minimum atomic E-state index is -0.190. The zero-order valence-electron chi connectivity index (χ0n) is 11.7. The number of rotatable bonds is 3. The molecule has 0 saturated carbocycles. The van der Waals surface area contributed by atoms with E-state index in [9.17, 15) is 4.79 Å². The molecule has 108 valence electrons. The molecule has 0 spiro atoms. The van der Waals surface area contributed by atoms with Gasteiger partial charge >= 0.3 is 0 Å². The Bertz CT molecular complexity index is 477. The van der Waals surface area contributed by atoms with Crippen LogP contribution in [0.1, 0.15) is 29.0 Å². The smallest absolute Gasteiger partial charge is 0.271 e. The fourth-order valence-electron chi connectivity index (χ4n) is 2.82. The Morgan fingerprint density at radius 2 is 2.40 bits per heavy atom. The lowest BCUT2D eigenvalue weighted by molar-refractivity contribution is -0.0462. The number of carbonyl (C=O) groups excluding carboxylic acids is 1. The van der Waals surface area contributed by atoms with Gasteiger partial charge in [0, 0.05) is 25.3 Å². The number of aryl methyl sites for hydroxylation is 1. The van der Waals surface area contributed by atoms with E-state index in [0.717, 1.165) is 25.4 Å². The van der Waals surface area contributed by atoms with Crippen LogP contribution >= 0.6 is 0 Å². The zero-order valence-corrected chi connectivity index (χ0v) is 11.7. The lowest BCUT2D eigenvalue weighted by Crippen LogP contribution is -2.50. The minimum absolute atomic E-state index is 0.0757. The predicted octanol–water partition coefficient (Wildman–Crippen LogP) is 0.378. The third kappa shape index (κ3) is 2.96. The molecule has 1 N–H and O–H groups in total.